The number of anilines is 1. The summed E-state index contributed by atoms with van der Waals surface area (Å²) >= 11 is 0. The minimum Gasteiger partial charge on any atom is -0.319 e. The first-order valence-corrected chi connectivity index (χ1v) is 7.57. The molecule has 3 aromatic rings. The van der Waals surface area contributed by atoms with Crippen molar-refractivity contribution in [2.75, 3.05) is 5.32 Å². The number of nitrogens with one attached hydrogen (secondary N) is 1. The molecule has 3 rings (SSSR count). The minimum absolute atomic E-state index is 0.125. The van der Waals surface area contributed by atoms with Crippen LogP contribution >= 0.6 is 0 Å². The molecule has 23 heavy (non-hydrogen) atoms. The Morgan fingerprint density at radius 2 is 1.83 bits per heavy atom. The van der Waals surface area contributed by atoms with Gasteiger partial charge < -0.3 is 5.32 Å². The molecule has 0 atom stereocenters. The molecule has 0 bridgehead atoms. The van der Waals surface area contributed by atoms with E-state index in [1.807, 2.05) is 54.2 Å². The molecule has 1 aromatic heterocycles. The Morgan fingerprint density at radius 3 is 2.57 bits per heavy atom. The monoisotopic (exact) mass is 305 g/mol. The summed E-state index contributed by atoms with van der Waals surface area (Å²) in [7, 11) is 0. The lowest BCUT2D eigenvalue weighted by atomic mass is 10.1. The summed E-state index contributed by atoms with van der Waals surface area (Å²) in [6.07, 6.45) is 3.52. The van der Waals surface area contributed by atoms with Crippen LogP contribution in [0.15, 0.2) is 60.9 Å². The third kappa shape index (κ3) is 3.66. The second-order valence-electron chi connectivity index (χ2n) is 5.67. The van der Waals surface area contributed by atoms with Gasteiger partial charge in [-0.15, -0.1) is 0 Å². The van der Waals surface area contributed by atoms with Gasteiger partial charge in [-0.05, 0) is 37.1 Å². The number of aryl methyl sites for hydroxylation is 2. The lowest BCUT2D eigenvalue weighted by molar-refractivity contribution is 0.102. The van der Waals surface area contributed by atoms with Crippen molar-refractivity contribution in [1.82, 2.24) is 9.78 Å². The Labute approximate surface area is 135 Å². The van der Waals surface area contributed by atoms with Crippen molar-refractivity contribution in [1.29, 1.82) is 0 Å². The van der Waals surface area contributed by atoms with Crippen LogP contribution in [0, 0.1) is 13.8 Å². The molecule has 116 valence electrons. The number of carbonyl (C=O) groups excluding carboxylic acids is 1. The molecule has 0 aliphatic carbocycles. The first-order chi connectivity index (χ1) is 11.1. The van der Waals surface area contributed by atoms with E-state index in [2.05, 4.69) is 29.5 Å². The van der Waals surface area contributed by atoms with E-state index in [4.69, 9.17) is 0 Å². The first kappa shape index (κ1) is 15.0. The maximum atomic E-state index is 12.2. The zero-order valence-corrected chi connectivity index (χ0v) is 13.3. The summed E-state index contributed by atoms with van der Waals surface area (Å²) in [6, 6.07) is 15.7. The minimum atomic E-state index is -0.125. The van der Waals surface area contributed by atoms with Crippen LogP contribution in [0.2, 0.25) is 0 Å². The smallest absolute Gasteiger partial charge is 0.255 e. The zero-order chi connectivity index (χ0) is 16.2. The molecule has 0 saturated heterocycles. The molecule has 0 aliphatic rings. The fourth-order valence-electron chi connectivity index (χ4n) is 2.38. The highest BCUT2D eigenvalue weighted by atomic mass is 16.1. The number of carbonyl (C=O) groups is 1. The summed E-state index contributed by atoms with van der Waals surface area (Å²) in [5, 5.41) is 7.19. The number of benzene rings is 2. The number of hydrogen-bond donors (Lipinski definition) is 1. The summed E-state index contributed by atoms with van der Waals surface area (Å²) < 4.78 is 1.83. The highest BCUT2D eigenvalue weighted by molar-refractivity contribution is 6.04. The molecule has 4 heteroatoms. The van der Waals surface area contributed by atoms with Crippen LogP contribution in [-0.4, -0.2) is 15.7 Å². The van der Waals surface area contributed by atoms with E-state index in [1.165, 1.54) is 11.1 Å². The normalized spacial score (nSPS) is 10.5. The van der Waals surface area contributed by atoms with E-state index in [-0.39, 0.29) is 5.91 Å². The fourth-order valence-corrected chi connectivity index (χ4v) is 2.38. The summed E-state index contributed by atoms with van der Waals surface area (Å²) in [5.74, 6) is -0.125. The van der Waals surface area contributed by atoms with Gasteiger partial charge in [-0.3, -0.25) is 9.48 Å². The number of aromatic nitrogens is 2. The number of amides is 1. The van der Waals surface area contributed by atoms with Gasteiger partial charge in [0.25, 0.3) is 5.91 Å². The van der Waals surface area contributed by atoms with Gasteiger partial charge in [0.15, 0.2) is 0 Å². The van der Waals surface area contributed by atoms with Gasteiger partial charge >= 0.3 is 0 Å². The third-order valence-electron chi connectivity index (χ3n) is 3.80. The molecule has 2 aromatic carbocycles. The van der Waals surface area contributed by atoms with Gasteiger partial charge in [-0.2, -0.15) is 5.10 Å². The highest BCUT2D eigenvalue weighted by Crippen LogP contribution is 2.13. The number of hydrogen-bond acceptors (Lipinski definition) is 2. The number of nitrogens with zero attached hydrogens (tertiary/aromatic N) is 2. The van der Waals surface area contributed by atoms with Crippen molar-refractivity contribution < 1.29 is 4.79 Å². The van der Waals surface area contributed by atoms with E-state index in [0.717, 1.165) is 5.56 Å². The molecule has 4 nitrogen and oxygen atoms in total. The van der Waals surface area contributed by atoms with E-state index in [9.17, 15) is 4.79 Å². The van der Waals surface area contributed by atoms with Crippen molar-refractivity contribution in [2.24, 2.45) is 0 Å². The Bertz CT molecular complexity index is 819. The van der Waals surface area contributed by atoms with E-state index < -0.39 is 0 Å². The van der Waals surface area contributed by atoms with E-state index in [1.54, 1.807) is 6.20 Å². The number of rotatable bonds is 4. The van der Waals surface area contributed by atoms with Gasteiger partial charge in [0.1, 0.15) is 0 Å². The molecule has 0 spiro atoms. The zero-order valence-electron chi connectivity index (χ0n) is 13.3. The molecule has 0 radical (unpaired) electrons. The van der Waals surface area contributed by atoms with Crippen LogP contribution < -0.4 is 5.32 Å². The van der Waals surface area contributed by atoms with Crippen LogP contribution in [0.3, 0.4) is 0 Å². The van der Waals surface area contributed by atoms with E-state index in [0.29, 0.717) is 17.8 Å². The standard InChI is InChI=1S/C19H19N3O/c1-14-7-9-16(10-8-14)19(23)21-18-11-20-22(13-18)12-17-6-4-3-5-15(17)2/h3-11,13H,12H2,1-2H3,(H,21,23). The van der Waals surface area contributed by atoms with Crippen molar-refractivity contribution in [2.45, 2.75) is 20.4 Å². The predicted molar refractivity (Wildman–Crippen MR) is 91.6 cm³/mol. The lowest BCUT2D eigenvalue weighted by Crippen LogP contribution is -2.11. The van der Waals surface area contributed by atoms with Crippen LogP contribution in [0.1, 0.15) is 27.0 Å². The maximum absolute atomic E-state index is 12.2. The Balaban J connectivity index is 1.68. The molecule has 1 heterocycles. The summed E-state index contributed by atoms with van der Waals surface area (Å²) in [4.78, 5) is 12.2. The van der Waals surface area contributed by atoms with Crippen LogP contribution in [-0.2, 0) is 6.54 Å². The highest BCUT2D eigenvalue weighted by Gasteiger charge is 2.08. The molecular weight excluding hydrogens is 286 g/mol. The Morgan fingerprint density at radius 1 is 1.09 bits per heavy atom. The molecule has 0 fully saturated rings. The van der Waals surface area contributed by atoms with Crippen LogP contribution in [0.5, 0.6) is 0 Å². The topological polar surface area (TPSA) is 46.9 Å². The average molecular weight is 305 g/mol. The van der Waals surface area contributed by atoms with Gasteiger partial charge in [-0.1, -0.05) is 42.0 Å². The molecule has 1 N–H and O–H groups in total. The van der Waals surface area contributed by atoms with Crippen molar-refractivity contribution in [3.63, 3.8) is 0 Å². The van der Waals surface area contributed by atoms with Gasteiger partial charge in [0.2, 0.25) is 0 Å². The van der Waals surface area contributed by atoms with Gasteiger partial charge in [0.05, 0.1) is 18.4 Å². The van der Waals surface area contributed by atoms with Crippen molar-refractivity contribution >= 4 is 11.6 Å². The van der Waals surface area contributed by atoms with Gasteiger partial charge in [-0.25, -0.2) is 0 Å². The quantitative estimate of drug-likeness (QED) is 0.797. The predicted octanol–water partition coefficient (Wildman–Crippen LogP) is 3.80. The lowest BCUT2D eigenvalue weighted by Gasteiger charge is -2.05. The Kier molecular flexibility index (Phi) is 4.24. The fraction of sp³-hybridized carbons (Fsp3) is 0.158. The summed E-state index contributed by atoms with van der Waals surface area (Å²) in [5.41, 5.74) is 4.92. The second kappa shape index (κ2) is 6.48. The molecule has 0 unspecified atom stereocenters. The second-order valence-corrected chi connectivity index (χ2v) is 5.67. The van der Waals surface area contributed by atoms with Crippen LogP contribution in [0.25, 0.3) is 0 Å². The maximum Gasteiger partial charge on any atom is 0.255 e. The molecule has 0 aliphatic heterocycles. The SMILES string of the molecule is Cc1ccc(C(=O)Nc2cnn(Cc3ccccc3C)c2)cc1. The Hall–Kier alpha value is -2.88. The van der Waals surface area contributed by atoms with Gasteiger partial charge in [0, 0.05) is 11.8 Å². The van der Waals surface area contributed by atoms with E-state index >= 15 is 0 Å². The summed E-state index contributed by atoms with van der Waals surface area (Å²) in [6.45, 7) is 4.77. The first-order valence-electron chi connectivity index (χ1n) is 7.57. The average Bonchev–Trinajstić information content (AvgIpc) is 2.97. The van der Waals surface area contributed by atoms with Crippen LogP contribution in [0.4, 0.5) is 5.69 Å². The van der Waals surface area contributed by atoms with Crippen molar-refractivity contribution in [3.8, 4) is 0 Å². The molecule has 0 saturated carbocycles. The molecular formula is C19H19N3O. The largest absolute Gasteiger partial charge is 0.319 e. The molecule has 1 amide bonds. The van der Waals surface area contributed by atoms with Crippen molar-refractivity contribution in [3.05, 3.63) is 83.2 Å². The third-order valence-corrected chi connectivity index (χ3v) is 3.80.